The van der Waals surface area contributed by atoms with Crippen LogP contribution in [0.25, 0.3) is 0 Å². The van der Waals surface area contributed by atoms with Crippen LogP contribution in [0.5, 0.6) is 0 Å². The second-order valence-corrected chi connectivity index (χ2v) is 12.3. The number of hydrogen-bond donors (Lipinski definition) is 2. The van der Waals surface area contributed by atoms with Gasteiger partial charge in [0.25, 0.3) is 0 Å². The van der Waals surface area contributed by atoms with E-state index in [0.29, 0.717) is 34.0 Å². The molecule has 1 fully saturated rings. The van der Waals surface area contributed by atoms with Crippen LogP contribution in [-0.4, -0.2) is 17.7 Å². The van der Waals surface area contributed by atoms with Crippen LogP contribution in [0.3, 0.4) is 0 Å². The second kappa shape index (κ2) is 8.27. The van der Waals surface area contributed by atoms with Gasteiger partial charge in [-0.2, -0.15) is 10.5 Å². The highest BCUT2D eigenvalue weighted by atomic mass is 32.1. The fraction of sp³-hybridized carbons (Fsp3) is 0.520. The molecule has 2 heterocycles. The molecule has 2 aromatic heterocycles. The Morgan fingerprint density at radius 3 is 1.73 bits per heavy atom. The minimum atomic E-state index is -0.856. The van der Waals surface area contributed by atoms with Crippen LogP contribution in [0.4, 0.5) is 10.0 Å². The molecule has 3 aliphatic carbocycles. The van der Waals surface area contributed by atoms with Crippen LogP contribution >= 0.6 is 22.7 Å². The molecule has 33 heavy (non-hydrogen) atoms. The number of carbonyl (C=O) groups is 2. The van der Waals surface area contributed by atoms with Crippen LogP contribution in [0.1, 0.15) is 71.5 Å². The Balaban J connectivity index is 1.53. The first kappa shape index (κ1) is 22.1. The van der Waals surface area contributed by atoms with Gasteiger partial charge in [0.2, 0.25) is 0 Å². The van der Waals surface area contributed by atoms with Crippen molar-refractivity contribution in [2.24, 2.45) is 11.3 Å². The molecule has 1 saturated carbocycles. The zero-order valence-electron chi connectivity index (χ0n) is 18.8. The Morgan fingerprint density at radius 1 is 0.848 bits per heavy atom. The van der Waals surface area contributed by atoms with Gasteiger partial charge in [-0.25, -0.2) is 0 Å². The summed E-state index contributed by atoms with van der Waals surface area (Å²) in [5.74, 6) is -1.04. The van der Waals surface area contributed by atoms with Crippen LogP contribution in [0.15, 0.2) is 0 Å². The monoisotopic (exact) mass is 478 g/mol. The molecule has 2 N–H and O–H groups in total. The number of rotatable bonds is 5. The molecule has 0 bridgehead atoms. The number of nitrogens with one attached hydrogen (secondary N) is 2. The van der Waals surface area contributed by atoms with E-state index < -0.39 is 12.1 Å². The van der Waals surface area contributed by atoms with Crippen molar-refractivity contribution in [1.82, 2.24) is 0 Å². The summed E-state index contributed by atoms with van der Waals surface area (Å²) in [5.41, 5.74) is 3.10. The number of thiophene rings is 2. The van der Waals surface area contributed by atoms with Crippen molar-refractivity contribution in [3.63, 3.8) is 0 Å². The van der Waals surface area contributed by atoms with Gasteiger partial charge in [0.05, 0.1) is 11.1 Å². The third-order valence-electron chi connectivity index (χ3n) is 6.97. The largest absolute Gasteiger partial charge is 0.355 e. The minimum Gasteiger partial charge on any atom is -0.355 e. The number of hydrogen-bond acceptors (Lipinski definition) is 8. The number of aryl methyl sites for hydroxylation is 2. The number of ketones is 2. The maximum absolute atomic E-state index is 13.2. The molecule has 6 nitrogen and oxygen atoms in total. The maximum Gasteiger partial charge on any atom is 0.147 e. The molecule has 0 aliphatic heterocycles. The van der Waals surface area contributed by atoms with Gasteiger partial charge in [-0.3, -0.25) is 9.59 Å². The SMILES string of the molecule is CC1(C)CC(=O)C(C(Nc2sc3c(c2C#N)CCC3)Nc2sc3c(c2C#N)CCC3)C(=O)C1. The third-order valence-corrected chi connectivity index (χ3v) is 9.42. The van der Waals surface area contributed by atoms with E-state index in [1.54, 1.807) is 22.7 Å². The second-order valence-electron chi connectivity index (χ2n) is 10.0. The summed E-state index contributed by atoms with van der Waals surface area (Å²) in [4.78, 5) is 28.8. The lowest BCUT2D eigenvalue weighted by Crippen LogP contribution is -2.49. The van der Waals surface area contributed by atoms with Crippen molar-refractivity contribution < 1.29 is 9.59 Å². The molecule has 0 unspecified atom stereocenters. The van der Waals surface area contributed by atoms with Crippen LogP contribution in [0.2, 0.25) is 0 Å². The first-order valence-electron chi connectivity index (χ1n) is 11.5. The van der Waals surface area contributed by atoms with Gasteiger partial charge in [-0.15, -0.1) is 22.7 Å². The zero-order chi connectivity index (χ0) is 23.3. The zero-order valence-corrected chi connectivity index (χ0v) is 20.5. The van der Waals surface area contributed by atoms with E-state index in [1.165, 1.54) is 9.75 Å². The number of Topliss-reactive ketones (excluding diaryl/α,β-unsaturated/α-hetero) is 2. The smallest absolute Gasteiger partial charge is 0.147 e. The molecule has 0 spiro atoms. The fourth-order valence-corrected chi connectivity index (χ4v) is 8.06. The van der Waals surface area contributed by atoms with E-state index in [0.717, 1.165) is 49.7 Å². The Hall–Kier alpha value is -2.68. The minimum absolute atomic E-state index is 0.0912. The van der Waals surface area contributed by atoms with Gasteiger partial charge in [-0.1, -0.05) is 13.8 Å². The van der Waals surface area contributed by atoms with Gasteiger partial charge in [-0.05, 0) is 55.1 Å². The molecule has 0 atom stereocenters. The highest BCUT2D eigenvalue weighted by Gasteiger charge is 2.44. The Bertz CT molecular complexity index is 1150. The number of carbonyl (C=O) groups excluding carboxylic acids is 2. The van der Waals surface area contributed by atoms with E-state index >= 15 is 0 Å². The van der Waals surface area contributed by atoms with Gasteiger partial charge in [0.15, 0.2) is 0 Å². The molecule has 8 heteroatoms. The summed E-state index contributed by atoms with van der Waals surface area (Å²) in [7, 11) is 0. The molecule has 2 aromatic rings. The molecule has 0 amide bonds. The Labute approximate surface area is 201 Å². The quantitative estimate of drug-likeness (QED) is 0.465. The Kier molecular flexibility index (Phi) is 5.55. The molecule has 170 valence electrons. The van der Waals surface area contributed by atoms with Gasteiger partial charge in [0.1, 0.15) is 45.8 Å². The normalized spacial score (nSPS) is 19.3. The average Bonchev–Trinajstić information content (AvgIpc) is 3.47. The predicted molar refractivity (Wildman–Crippen MR) is 130 cm³/mol. The summed E-state index contributed by atoms with van der Waals surface area (Å²) < 4.78 is 0. The summed E-state index contributed by atoms with van der Waals surface area (Å²) in [6.07, 6.45) is 5.78. The lowest BCUT2D eigenvalue weighted by molar-refractivity contribution is -0.139. The van der Waals surface area contributed by atoms with Crippen LogP contribution in [0, 0.1) is 34.0 Å². The summed E-state index contributed by atoms with van der Waals surface area (Å²) in [5, 5.41) is 27.9. The van der Waals surface area contributed by atoms with Crippen LogP contribution < -0.4 is 10.6 Å². The summed E-state index contributed by atoms with van der Waals surface area (Å²) in [6.45, 7) is 3.90. The Morgan fingerprint density at radius 2 is 1.30 bits per heavy atom. The molecule has 3 aliphatic rings. The van der Waals surface area contributed by atoms with Crippen molar-refractivity contribution in [1.29, 1.82) is 10.5 Å². The topological polar surface area (TPSA) is 106 Å². The van der Waals surface area contributed by atoms with E-state index in [4.69, 9.17) is 0 Å². The molecule has 0 saturated heterocycles. The number of nitriles is 2. The first-order valence-corrected chi connectivity index (χ1v) is 13.1. The molecule has 5 rings (SSSR count). The average molecular weight is 479 g/mol. The lowest BCUT2D eigenvalue weighted by Gasteiger charge is -2.36. The van der Waals surface area contributed by atoms with E-state index in [2.05, 4.69) is 22.8 Å². The maximum atomic E-state index is 13.2. The van der Waals surface area contributed by atoms with Crippen molar-refractivity contribution in [2.45, 2.75) is 71.4 Å². The lowest BCUT2D eigenvalue weighted by atomic mass is 9.70. The fourth-order valence-electron chi connectivity index (χ4n) is 5.51. The third kappa shape index (κ3) is 3.86. The number of fused-ring (bicyclic) bond motifs is 2. The standard InChI is InChI=1S/C25H26N4O2S2/c1-25(2)9-17(30)21(18(31)10-25)22(28-23-15(11-26)13-5-3-7-19(13)32-23)29-24-16(12-27)14-6-4-8-20(14)33-24/h21-22,28-29H,3-10H2,1-2H3. The van der Waals surface area contributed by atoms with Gasteiger partial charge in [0, 0.05) is 22.6 Å². The molecular weight excluding hydrogens is 452 g/mol. The van der Waals surface area contributed by atoms with Crippen molar-refractivity contribution in [3.05, 3.63) is 32.0 Å². The van der Waals surface area contributed by atoms with Crippen molar-refractivity contribution in [2.75, 3.05) is 10.6 Å². The van der Waals surface area contributed by atoms with Crippen molar-refractivity contribution in [3.8, 4) is 12.1 Å². The first-order chi connectivity index (χ1) is 15.8. The van der Waals surface area contributed by atoms with Crippen LogP contribution in [-0.2, 0) is 35.3 Å². The highest BCUT2D eigenvalue weighted by molar-refractivity contribution is 7.17. The van der Waals surface area contributed by atoms with E-state index in [9.17, 15) is 20.1 Å². The van der Waals surface area contributed by atoms with E-state index in [1.807, 2.05) is 13.8 Å². The molecule has 0 radical (unpaired) electrons. The predicted octanol–water partition coefficient (Wildman–Crippen LogP) is 4.95. The number of nitrogens with zero attached hydrogens (tertiary/aromatic N) is 2. The van der Waals surface area contributed by atoms with Crippen molar-refractivity contribution >= 4 is 44.2 Å². The molecular formula is C25H26N4O2S2. The van der Waals surface area contributed by atoms with E-state index in [-0.39, 0.29) is 17.0 Å². The number of anilines is 2. The van der Waals surface area contributed by atoms with Gasteiger partial charge >= 0.3 is 0 Å². The summed E-state index contributed by atoms with van der Waals surface area (Å²) in [6, 6.07) is 4.68. The molecule has 0 aromatic carbocycles. The highest BCUT2D eigenvalue weighted by Crippen LogP contribution is 2.43. The summed E-state index contributed by atoms with van der Waals surface area (Å²) >= 11 is 3.11. The van der Waals surface area contributed by atoms with Gasteiger partial charge < -0.3 is 10.6 Å².